The van der Waals surface area contributed by atoms with Crippen LogP contribution in [0.25, 0.3) is 10.2 Å². The molecule has 2 aromatic rings. The fourth-order valence-corrected chi connectivity index (χ4v) is 6.44. The third-order valence-corrected chi connectivity index (χ3v) is 7.93. The maximum Gasteiger partial charge on any atom is 0.260 e. The maximum atomic E-state index is 12.7. The minimum atomic E-state index is 0.0810. The molecule has 3 N–H and O–H groups in total. The minimum absolute atomic E-state index is 0.0810. The first kappa shape index (κ1) is 18.7. The Hall–Kier alpha value is -1.28. The lowest BCUT2D eigenvalue weighted by Crippen LogP contribution is -3.28. The van der Waals surface area contributed by atoms with Gasteiger partial charge in [0.25, 0.3) is 5.56 Å². The molecular weight excluding hydrogens is 372 g/mol. The van der Waals surface area contributed by atoms with E-state index in [1.807, 2.05) is 0 Å². The zero-order valence-corrected chi connectivity index (χ0v) is 17.5. The Morgan fingerprint density at radius 2 is 1.89 bits per heavy atom. The summed E-state index contributed by atoms with van der Waals surface area (Å²) in [6.07, 6.45) is 8.85. The number of fused-ring (bicyclic) bond motifs is 3. The van der Waals surface area contributed by atoms with Crippen molar-refractivity contribution in [3.05, 3.63) is 26.6 Å². The molecule has 2 aliphatic heterocycles. The zero-order valence-electron chi connectivity index (χ0n) is 16.6. The van der Waals surface area contributed by atoms with Crippen molar-refractivity contribution in [3.63, 3.8) is 0 Å². The maximum absolute atomic E-state index is 12.7. The van der Waals surface area contributed by atoms with Crippen LogP contribution in [-0.4, -0.2) is 55.4 Å². The van der Waals surface area contributed by atoms with Gasteiger partial charge in [0, 0.05) is 11.5 Å². The molecule has 0 aromatic carbocycles. The van der Waals surface area contributed by atoms with Crippen LogP contribution >= 0.6 is 11.3 Å². The topological polar surface area (TPSA) is 63.9 Å². The zero-order chi connectivity index (χ0) is 18.9. The molecule has 28 heavy (non-hydrogen) atoms. The molecule has 0 radical (unpaired) electrons. The molecule has 2 aromatic heterocycles. The standard InChI is InChI=1S/C21H30N4O2S/c26-20-19-16-6-1-2-7-17(16)28-21(19)23-18(22-20)14-25-10-8-24(9-11-25)13-15-5-3-4-12-27-15/h15H,1-14H2,(H,22,23,26)/p+2/t15-/m0/s1. The average molecular weight is 405 g/mol. The first-order valence-corrected chi connectivity index (χ1v) is 11.9. The smallest absolute Gasteiger partial charge is 0.260 e. The molecule has 1 atom stereocenters. The van der Waals surface area contributed by atoms with E-state index in [0.717, 1.165) is 61.7 Å². The van der Waals surface area contributed by atoms with Gasteiger partial charge in [-0.25, -0.2) is 4.98 Å². The molecule has 1 aliphatic carbocycles. The van der Waals surface area contributed by atoms with Crippen LogP contribution in [0.2, 0.25) is 0 Å². The number of thiophene rings is 1. The first-order chi connectivity index (χ1) is 13.8. The van der Waals surface area contributed by atoms with Gasteiger partial charge >= 0.3 is 0 Å². The molecule has 3 aliphatic rings. The average Bonchev–Trinajstić information content (AvgIpc) is 3.09. The van der Waals surface area contributed by atoms with Crippen LogP contribution < -0.4 is 15.4 Å². The lowest BCUT2D eigenvalue weighted by molar-refractivity contribution is -1.02. The highest BCUT2D eigenvalue weighted by Gasteiger charge is 2.28. The van der Waals surface area contributed by atoms with Gasteiger partial charge in [-0.3, -0.25) is 4.79 Å². The van der Waals surface area contributed by atoms with Crippen LogP contribution in [0.15, 0.2) is 4.79 Å². The quantitative estimate of drug-likeness (QED) is 0.657. The number of hydrogen-bond acceptors (Lipinski definition) is 4. The number of rotatable bonds is 4. The van der Waals surface area contributed by atoms with E-state index >= 15 is 0 Å². The van der Waals surface area contributed by atoms with E-state index in [0.29, 0.717) is 6.10 Å². The summed E-state index contributed by atoms with van der Waals surface area (Å²) in [5, 5.41) is 0.875. The van der Waals surface area contributed by atoms with E-state index in [9.17, 15) is 4.79 Å². The second-order valence-corrected chi connectivity index (χ2v) is 9.86. The molecule has 6 nitrogen and oxygen atoms in total. The Balaban J connectivity index is 1.22. The lowest BCUT2D eigenvalue weighted by atomic mass is 9.97. The summed E-state index contributed by atoms with van der Waals surface area (Å²) in [7, 11) is 0. The Kier molecular flexibility index (Phi) is 5.50. The normalized spacial score (nSPS) is 28.4. The number of aromatic nitrogens is 2. The molecule has 2 fully saturated rings. The minimum Gasteiger partial charge on any atom is -0.372 e. The summed E-state index contributed by atoms with van der Waals surface area (Å²) in [6.45, 7) is 7.61. The summed E-state index contributed by atoms with van der Waals surface area (Å²) in [5.41, 5.74) is 1.36. The predicted octanol–water partition coefficient (Wildman–Crippen LogP) is -0.284. The number of aromatic amines is 1. The summed E-state index contributed by atoms with van der Waals surface area (Å²) in [4.78, 5) is 26.3. The molecule has 0 spiro atoms. The molecule has 4 heterocycles. The van der Waals surface area contributed by atoms with Crippen molar-refractivity contribution in [1.29, 1.82) is 0 Å². The van der Waals surface area contributed by atoms with Gasteiger partial charge in [0.05, 0.1) is 5.39 Å². The number of quaternary nitrogens is 2. The molecule has 2 saturated heterocycles. The molecular formula is C21H32N4O2S+2. The van der Waals surface area contributed by atoms with E-state index in [-0.39, 0.29) is 5.56 Å². The SMILES string of the molecule is O=c1[nH]c(C[NH+]2CC[NH+](C[C@@H]3CCCCO3)CC2)nc2sc3c(c12)CCCC3. The van der Waals surface area contributed by atoms with Crippen molar-refractivity contribution in [2.45, 2.75) is 57.6 Å². The third kappa shape index (κ3) is 3.90. The molecule has 152 valence electrons. The number of hydrogen-bond donors (Lipinski definition) is 3. The Morgan fingerprint density at radius 3 is 2.71 bits per heavy atom. The van der Waals surface area contributed by atoms with Crippen molar-refractivity contribution in [3.8, 4) is 0 Å². The van der Waals surface area contributed by atoms with Crippen LogP contribution in [0.4, 0.5) is 0 Å². The third-order valence-electron chi connectivity index (χ3n) is 6.75. The van der Waals surface area contributed by atoms with Gasteiger partial charge in [0.15, 0.2) is 5.82 Å². The van der Waals surface area contributed by atoms with E-state index < -0.39 is 0 Å². The molecule has 0 unspecified atom stereocenters. The summed E-state index contributed by atoms with van der Waals surface area (Å²) >= 11 is 1.75. The number of nitrogens with zero attached hydrogens (tertiary/aromatic N) is 1. The van der Waals surface area contributed by atoms with E-state index in [1.165, 1.54) is 60.5 Å². The Labute approximate surface area is 169 Å². The monoisotopic (exact) mass is 404 g/mol. The van der Waals surface area contributed by atoms with Gasteiger partial charge in [0.1, 0.15) is 50.2 Å². The summed E-state index contributed by atoms with van der Waals surface area (Å²) < 4.78 is 5.92. The number of ether oxygens (including phenoxy) is 1. The van der Waals surface area contributed by atoms with Gasteiger partial charge in [-0.1, -0.05) is 0 Å². The molecule has 0 amide bonds. The highest BCUT2D eigenvalue weighted by atomic mass is 32.1. The van der Waals surface area contributed by atoms with Crippen LogP contribution in [0.3, 0.4) is 0 Å². The van der Waals surface area contributed by atoms with Gasteiger partial charge < -0.3 is 19.5 Å². The number of aryl methyl sites for hydroxylation is 2. The van der Waals surface area contributed by atoms with Crippen LogP contribution in [-0.2, 0) is 24.1 Å². The van der Waals surface area contributed by atoms with Crippen molar-refractivity contribution in [2.75, 3.05) is 39.3 Å². The predicted molar refractivity (Wildman–Crippen MR) is 110 cm³/mol. The first-order valence-electron chi connectivity index (χ1n) is 11.1. The fourth-order valence-electron chi connectivity index (χ4n) is 5.16. The van der Waals surface area contributed by atoms with Crippen molar-refractivity contribution >= 4 is 21.6 Å². The number of piperazine rings is 1. The Bertz CT molecular complexity index is 878. The van der Waals surface area contributed by atoms with Crippen molar-refractivity contribution in [2.24, 2.45) is 0 Å². The van der Waals surface area contributed by atoms with Gasteiger partial charge in [0.2, 0.25) is 0 Å². The lowest BCUT2D eigenvalue weighted by Gasteiger charge is -2.32. The van der Waals surface area contributed by atoms with Crippen LogP contribution in [0, 0.1) is 0 Å². The molecule has 0 bridgehead atoms. The van der Waals surface area contributed by atoms with Gasteiger partial charge in [-0.05, 0) is 50.5 Å². The second kappa shape index (κ2) is 8.22. The van der Waals surface area contributed by atoms with Crippen LogP contribution in [0.1, 0.15) is 48.4 Å². The molecule has 7 heteroatoms. The van der Waals surface area contributed by atoms with E-state index in [4.69, 9.17) is 9.72 Å². The Morgan fingerprint density at radius 1 is 1.07 bits per heavy atom. The highest BCUT2D eigenvalue weighted by Crippen LogP contribution is 2.33. The molecule has 5 rings (SSSR count). The second-order valence-electron chi connectivity index (χ2n) is 8.77. The number of nitrogens with one attached hydrogen (secondary N) is 3. The fraction of sp³-hybridized carbons (Fsp3) is 0.714. The van der Waals surface area contributed by atoms with Gasteiger partial charge in [-0.2, -0.15) is 0 Å². The summed E-state index contributed by atoms with van der Waals surface area (Å²) in [6, 6.07) is 0. The molecule has 0 saturated carbocycles. The van der Waals surface area contributed by atoms with Crippen LogP contribution in [0.5, 0.6) is 0 Å². The summed E-state index contributed by atoms with van der Waals surface area (Å²) in [5.74, 6) is 0.866. The van der Waals surface area contributed by atoms with Crippen molar-refractivity contribution in [1.82, 2.24) is 9.97 Å². The van der Waals surface area contributed by atoms with E-state index in [1.54, 1.807) is 16.2 Å². The van der Waals surface area contributed by atoms with Gasteiger partial charge in [-0.15, -0.1) is 11.3 Å². The van der Waals surface area contributed by atoms with E-state index in [2.05, 4.69) is 4.98 Å². The largest absolute Gasteiger partial charge is 0.372 e. The number of H-pyrrole nitrogens is 1. The van der Waals surface area contributed by atoms with Crippen molar-refractivity contribution < 1.29 is 14.5 Å². The highest BCUT2D eigenvalue weighted by molar-refractivity contribution is 7.18.